The predicted molar refractivity (Wildman–Crippen MR) is 68.6 cm³/mol. The standard InChI is InChI=1S/C15H19FO3/c1-18-11-3-2-6-15(8-11)9-13(17)12-7-10(16)4-5-14(12)19-15/h4-5,7,11,13,17H,2-3,6,8-9H2,1H3. The second-order valence-electron chi connectivity index (χ2n) is 5.64. The average molecular weight is 266 g/mol. The molecule has 3 rings (SSSR count). The third kappa shape index (κ3) is 2.35. The second-order valence-corrected chi connectivity index (χ2v) is 5.64. The molecule has 0 bridgehead atoms. The fourth-order valence-corrected chi connectivity index (χ4v) is 3.36. The molecule has 3 atom stereocenters. The van der Waals surface area contributed by atoms with Crippen LogP contribution < -0.4 is 4.74 Å². The summed E-state index contributed by atoms with van der Waals surface area (Å²) in [5.74, 6) is 0.271. The molecule has 0 aromatic heterocycles. The van der Waals surface area contributed by atoms with E-state index in [0.29, 0.717) is 17.7 Å². The van der Waals surface area contributed by atoms with Crippen molar-refractivity contribution in [1.29, 1.82) is 0 Å². The molecule has 1 spiro atoms. The summed E-state index contributed by atoms with van der Waals surface area (Å²) >= 11 is 0. The minimum absolute atomic E-state index is 0.183. The number of ether oxygens (including phenoxy) is 2. The van der Waals surface area contributed by atoms with Crippen LogP contribution in [-0.2, 0) is 4.74 Å². The first-order valence-corrected chi connectivity index (χ1v) is 6.81. The Morgan fingerprint density at radius 3 is 3.05 bits per heavy atom. The molecule has 4 heteroatoms. The number of methoxy groups -OCH3 is 1. The number of hydrogen-bond donors (Lipinski definition) is 1. The lowest BCUT2D eigenvalue weighted by Crippen LogP contribution is -2.46. The Bertz CT molecular complexity index is 476. The summed E-state index contributed by atoms with van der Waals surface area (Å²) in [5, 5.41) is 10.3. The number of rotatable bonds is 1. The van der Waals surface area contributed by atoms with Crippen molar-refractivity contribution in [2.24, 2.45) is 0 Å². The van der Waals surface area contributed by atoms with Gasteiger partial charge in [0.05, 0.1) is 12.2 Å². The van der Waals surface area contributed by atoms with E-state index in [1.165, 1.54) is 12.1 Å². The predicted octanol–water partition coefficient (Wildman–Crippen LogP) is 2.97. The monoisotopic (exact) mass is 266 g/mol. The zero-order valence-corrected chi connectivity index (χ0v) is 11.1. The van der Waals surface area contributed by atoms with Crippen LogP contribution in [0.15, 0.2) is 18.2 Å². The summed E-state index contributed by atoms with van der Waals surface area (Å²) in [6, 6.07) is 4.36. The van der Waals surface area contributed by atoms with Crippen LogP contribution in [-0.4, -0.2) is 23.9 Å². The lowest BCUT2D eigenvalue weighted by molar-refractivity contribution is -0.0797. The van der Waals surface area contributed by atoms with Crippen LogP contribution in [0.5, 0.6) is 5.75 Å². The molecule has 1 aliphatic heterocycles. The minimum atomic E-state index is -0.657. The fraction of sp³-hybridized carbons (Fsp3) is 0.600. The molecule has 19 heavy (non-hydrogen) atoms. The lowest BCUT2D eigenvalue weighted by Gasteiger charge is -2.45. The van der Waals surface area contributed by atoms with Crippen molar-refractivity contribution in [3.8, 4) is 5.75 Å². The molecule has 1 aliphatic carbocycles. The molecule has 1 aromatic rings. The van der Waals surface area contributed by atoms with Gasteiger partial charge in [-0.25, -0.2) is 4.39 Å². The van der Waals surface area contributed by atoms with Gasteiger partial charge in [-0.15, -0.1) is 0 Å². The molecular weight excluding hydrogens is 247 g/mol. The van der Waals surface area contributed by atoms with Gasteiger partial charge in [-0.2, -0.15) is 0 Å². The molecule has 1 fully saturated rings. The Kier molecular flexibility index (Phi) is 3.23. The fourth-order valence-electron chi connectivity index (χ4n) is 3.36. The summed E-state index contributed by atoms with van der Waals surface area (Å²) in [5.41, 5.74) is 0.202. The molecule has 104 valence electrons. The first-order chi connectivity index (χ1) is 9.12. The molecule has 3 nitrogen and oxygen atoms in total. The molecule has 0 saturated heterocycles. The van der Waals surface area contributed by atoms with Crippen LogP contribution in [0.4, 0.5) is 4.39 Å². The molecule has 3 unspecified atom stereocenters. The van der Waals surface area contributed by atoms with Gasteiger partial charge in [0.2, 0.25) is 0 Å². The van der Waals surface area contributed by atoms with E-state index in [4.69, 9.17) is 9.47 Å². The van der Waals surface area contributed by atoms with Gasteiger partial charge in [0.1, 0.15) is 17.2 Å². The Morgan fingerprint density at radius 2 is 2.26 bits per heavy atom. The van der Waals surface area contributed by atoms with E-state index in [1.54, 1.807) is 13.2 Å². The first-order valence-electron chi connectivity index (χ1n) is 6.81. The highest BCUT2D eigenvalue weighted by atomic mass is 19.1. The molecule has 0 radical (unpaired) electrons. The topological polar surface area (TPSA) is 38.7 Å². The third-order valence-electron chi connectivity index (χ3n) is 4.31. The zero-order valence-electron chi connectivity index (χ0n) is 11.1. The minimum Gasteiger partial charge on any atom is -0.487 e. The highest BCUT2D eigenvalue weighted by molar-refractivity contribution is 5.38. The van der Waals surface area contributed by atoms with Crippen LogP contribution in [0.25, 0.3) is 0 Å². The van der Waals surface area contributed by atoms with Gasteiger partial charge in [-0.1, -0.05) is 0 Å². The molecule has 2 aliphatic rings. The maximum atomic E-state index is 13.2. The van der Waals surface area contributed by atoms with Crippen LogP contribution in [0, 0.1) is 5.82 Å². The normalized spacial score (nSPS) is 33.8. The smallest absolute Gasteiger partial charge is 0.126 e. The van der Waals surface area contributed by atoms with E-state index >= 15 is 0 Å². The number of aliphatic hydroxyl groups excluding tert-OH is 1. The highest BCUT2D eigenvalue weighted by Gasteiger charge is 2.44. The Morgan fingerprint density at radius 1 is 1.42 bits per heavy atom. The SMILES string of the molecule is COC1CCCC2(C1)CC(O)c1cc(F)ccc1O2. The van der Waals surface area contributed by atoms with Gasteiger partial charge < -0.3 is 14.6 Å². The van der Waals surface area contributed by atoms with Gasteiger partial charge >= 0.3 is 0 Å². The lowest BCUT2D eigenvalue weighted by atomic mass is 9.76. The van der Waals surface area contributed by atoms with Crippen LogP contribution in [0.3, 0.4) is 0 Å². The van der Waals surface area contributed by atoms with Crippen molar-refractivity contribution in [3.05, 3.63) is 29.6 Å². The first kappa shape index (κ1) is 12.9. The maximum Gasteiger partial charge on any atom is 0.126 e. The quantitative estimate of drug-likeness (QED) is 0.849. The molecule has 1 heterocycles. The average Bonchev–Trinajstić information content (AvgIpc) is 2.40. The van der Waals surface area contributed by atoms with Crippen molar-refractivity contribution in [1.82, 2.24) is 0 Å². The number of halogens is 1. The van der Waals surface area contributed by atoms with Crippen LogP contribution in [0.2, 0.25) is 0 Å². The third-order valence-corrected chi connectivity index (χ3v) is 4.31. The maximum absolute atomic E-state index is 13.2. The number of aliphatic hydroxyl groups is 1. The van der Waals surface area contributed by atoms with Crippen molar-refractivity contribution < 1.29 is 19.0 Å². The summed E-state index contributed by atoms with van der Waals surface area (Å²) < 4.78 is 24.8. The Labute approximate surface area is 112 Å². The van der Waals surface area contributed by atoms with Crippen molar-refractivity contribution in [3.63, 3.8) is 0 Å². The van der Waals surface area contributed by atoms with E-state index in [9.17, 15) is 9.50 Å². The van der Waals surface area contributed by atoms with Crippen LogP contribution >= 0.6 is 0 Å². The van der Waals surface area contributed by atoms with E-state index < -0.39 is 6.10 Å². The van der Waals surface area contributed by atoms with Crippen molar-refractivity contribution >= 4 is 0 Å². The van der Waals surface area contributed by atoms with Crippen molar-refractivity contribution in [2.45, 2.75) is 49.9 Å². The van der Waals surface area contributed by atoms with Gasteiger partial charge in [0, 0.05) is 25.5 Å². The Hall–Kier alpha value is -1.13. The van der Waals surface area contributed by atoms with Gasteiger partial charge in [0.25, 0.3) is 0 Å². The molecule has 1 saturated carbocycles. The number of benzene rings is 1. The van der Waals surface area contributed by atoms with E-state index in [-0.39, 0.29) is 17.5 Å². The summed E-state index contributed by atoms with van der Waals surface area (Å²) in [6.45, 7) is 0. The molecule has 1 N–H and O–H groups in total. The second kappa shape index (κ2) is 4.76. The van der Waals surface area contributed by atoms with E-state index in [1.807, 2.05) is 0 Å². The molecular formula is C15H19FO3. The summed E-state index contributed by atoms with van der Waals surface area (Å²) in [7, 11) is 1.71. The largest absolute Gasteiger partial charge is 0.487 e. The summed E-state index contributed by atoms with van der Waals surface area (Å²) in [4.78, 5) is 0. The number of fused-ring (bicyclic) bond motifs is 1. The Balaban J connectivity index is 1.89. The van der Waals surface area contributed by atoms with Crippen LogP contribution in [0.1, 0.15) is 43.8 Å². The van der Waals surface area contributed by atoms with Gasteiger partial charge in [0.15, 0.2) is 0 Å². The molecule has 0 amide bonds. The van der Waals surface area contributed by atoms with E-state index in [0.717, 1.165) is 25.7 Å². The highest BCUT2D eigenvalue weighted by Crippen LogP contribution is 2.46. The zero-order chi connectivity index (χ0) is 13.5. The van der Waals surface area contributed by atoms with Crippen molar-refractivity contribution in [2.75, 3.05) is 7.11 Å². The van der Waals surface area contributed by atoms with E-state index in [2.05, 4.69) is 0 Å². The number of hydrogen-bond acceptors (Lipinski definition) is 3. The van der Waals surface area contributed by atoms with Gasteiger partial charge in [-0.3, -0.25) is 0 Å². The summed E-state index contributed by atoms with van der Waals surface area (Å²) in [6.07, 6.45) is 3.81. The van der Waals surface area contributed by atoms with Gasteiger partial charge in [-0.05, 0) is 37.5 Å². The molecule has 1 aromatic carbocycles.